The number of nitrogens with one attached hydrogen (secondary N) is 1. The molecule has 144 valence electrons. The Balaban J connectivity index is 1.63. The molecule has 1 aromatic heterocycles. The van der Waals surface area contributed by atoms with Crippen LogP contribution < -0.4 is 5.32 Å². The van der Waals surface area contributed by atoms with Crippen LogP contribution in [0.4, 0.5) is 4.39 Å². The summed E-state index contributed by atoms with van der Waals surface area (Å²) in [6, 6.07) is 11.1. The highest BCUT2D eigenvalue weighted by Gasteiger charge is 2.29. The molecule has 0 spiro atoms. The Morgan fingerprint density at radius 2 is 1.93 bits per heavy atom. The van der Waals surface area contributed by atoms with Gasteiger partial charge in [0.15, 0.2) is 0 Å². The van der Waals surface area contributed by atoms with Crippen LogP contribution in [0, 0.1) is 11.7 Å². The summed E-state index contributed by atoms with van der Waals surface area (Å²) in [6.45, 7) is 0.947. The van der Waals surface area contributed by atoms with Crippen LogP contribution >= 0.6 is 0 Å². The number of aromatic carboxylic acids is 1. The number of fused-ring (bicyclic) bond motifs is 1. The Bertz CT molecular complexity index is 1040. The van der Waals surface area contributed by atoms with Crippen molar-refractivity contribution in [1.82, 2.24) is 14.9 Å². The summed E-state index contributed by atoms with van der Waals surface area (Å²) in [5.41, 5.74) is 2.47. The summed E-state index contributed by atoms with van der Waals surface area (Å²) in [5.74, 6) is -0.329. The molecule has 0 radical (unpaired) electrons. The van der Waals surface area contributed by atoms with Crippen LogP contribution in [0.1, 0.15) is 34.6 Å². The molecular formula is C21H20FN3O3. The second kappa shape index (κ2) is 7.42. The third-order valence-electron chi connectivity index (χ3n) is 4.92. The van der Waals surface area contributed by atoms with Crippen LogP contribution in [-0.4, -0.2) is 33.1 Å². The number of nitrogens with zero attached hydrogens (tertiary/aromatic N) is 2. The fourth-order valence-corrected chi connectivity index (χ4v) is 3.24. The van der Waals surface area contributed by atoms with E-state index in [2.05, 4.69) is 10.3 Å². The van der Waals surface area contributed by atoms with Crippen LogP contribution in [0.3, 0.4) is 0 Å². The summed E-state index contributed by atoms with van der Waals surface area (Å²) in [7, 11) is 0. The summed E-state index contributed by atoms with van der Waals surface area (Å²) in [5, 5.41) is 12.2. The smallest absolute Gasteiger partial charge is 0.335 e. The molecule has 1 amide bonds. The standard InChI is InChI=1S/C21H20FN3O3/c22-16-6-1-13(2-7-16)12-25-18-8-5-15(21(27)28)11-17(18)24-19(25)9-10-23-20(26)14-3-4-14/h1-2,5-8,11,14H,3-4,9-10,12H2,(H,23,26)(H,27,28). The summed E-state index contributed by atoms with van der Waals surface area (Å²) in [6.07, 6.45) is 2.43. The highest BCUT2D eigenvalue weighted by molar-refractivity contribution is 5.92. The average molecular weight is 381 g/mol. The number of carbonyl (C=O) groups is 2. The average Bonchev–Trinajstić information content (AvgIpc) is 3.47. The molecule has 0 saturated heterocycles. The lowest BCUT2D eigenvalue weighted by Crippen LogP contribution is -2.27. The third kappa shape index (κ3) is 3.88. The monoisotopic (exact) mass is 381 g/mol. The van der Waals surface area contributed by atoms with Crippen molar-refractivity contribution in [2.24, 2.45) is 5.92 Å². The quantitative estimate of drug-likeness (QED) is 0.659. The van der Waals surface area contributed by atoms with Gasteiger partial charge in [0, 0.05) is 25.4 Å². The Kier molecular flexibility index (Phi) is 4.81. The van der Waals surface area contributed by atoms with E-state index < -0.39 is 5.97 Å². The van der Waals surface area contributed by atoms with Crippen molar-refractivity contribution in [3.05, 3.63) is 65.2 Å². The Morgan fingerprint density at radius 1 is 1.18 bits per heavy atom. The zero-order valence-electron chi connectivity index (χ0n) is 15.2. The molecule has 28 heavy (non-hydrogen) atoms. The van der Waals surface area contributed by atoms with Gasteiger partial charge in [-0.3, -0.25) is 4.79 Å². The molecule has 7 heteroatoms. The largest absolute Gasteiger partial charge is 0.478 e. The molecule has 0 bridgehead atoms. The molecule has 2 N–H and O–H groups in total. The Hall–Kier alpha value is -3.22. The Morgan fingerprint density at radius 3 is 2.61 bits per heavy atom. The van der Waals surface area contributed by atoms with Gasteiger partial charge in [0.25, 0.3) is 0 Å². The lowest BCUT2D eigenvalue weighted by Gasteiger charge is -2.10. The van der Waals surface area contributed by atoms with E-state index in [-0.39, 0.29) is 23.2 Å². The lowest BCUT2D eigenvalue weighted by molar-refractivity contribution is -0.122. The lowest BCUT2D eigenvalue weighted by atomic mass is 10.2. The first-order valence-electron chi connectivity index (χ1n) is 9.26. The number of amides is 1. The van der Waals surface area contributed by atoms with Gasteiger partial charge in [0.05, 0.1) is 16.6 Å². The SMILES string of the molecule is O=C(O)c1ccc2c(c1)nc(CCNC(=O)C1CC1)n2Cc1ccc(F)cc1. The second-order valence-corrected chi connectivity index (χ2v) is 7.06. The van der Waals surface area contributed by atoms with Crippen molar-refractivity contribution >= 4 is 22.9 Å². The number of halogens is 1. The molecule has 6 nitrogen and oxygen atoms in total. The minimum absolute atomic E-state index is 0.0781. The van der Waals surface area contributed by atoms with Crippen LogP contribution in [0.2, 0.25) is 0 Å². The van der Waals surface area contributed by atoms with Crippen molar-refractivity contribution in [2.45, 2.75) is 25.8 Å². The van der Waals surface area contributed by atoms with Gasteiger partial charge in [0.1, 0.15) is 11.6 Å². The van der Waals surface area contributed by atoms with Gasteiger partial charge in [-0.05, 0) is 48.7 Å². The molecule has 0 atom stereocenters. The summed E-state index contributed by atoms with van der Waals surface area (Å²) < 4.78 is 15.2. The molecule has 1 aliphatic carbocycles. The summed E-state index contributed by atoms with van der Waals surface area (Å²) >= 11 is 0. The van der Waals surface area contributed by atoms with E-state index in [1.54, 1.807) is 30.3 Å². The number of carbonyl (C=O) groups excluding carboxylic acids is 1. The van der Waals surface area contributed by atoms with E-state index in [9.17, 15) is 19.1 Å². The first-order chi connectivity index (χ1) is 13.5. The van der Waals surface area contributed by atoms with Crippen molar-refractivity contribution < 1.29 is 19.1 Å². The van der Waals surface area contributed by atoms with E-state index in [0.29, 0.717) is 25.0 Å². The van der Waals surface area contributed by atoms with Crippen LogP contribution in [0.15, 0.2) is 42.5 Å². The minimum atomic E-state index is -1.01. The highest BCUT2D eigenvalue weighted by atomic mass is 19.1. The first kappa shape index (κ1) is 18.2. The van der Waals surface area contributed by atoms with E-state index in [1.807, 2.05) is 4.57 Å². The van der Waals surface area contributed by atoms with E-state index in [0.717, 1.165) is 29.7 Å². The van der Waals surface area contributed by atoms with Gasteiger partial charge in [-0.15, -0.1) is 0 Å². The number of imidazole rings is 1. The first-order valence-corrected chi connectivity index (χ1v) is 9.26. The number of benzene rings is 2. The maximum atomic E-state index is 13.2. The molecule has 1 fully saturated rings. The number of hydrogen-bond donors (Lipinski definition) is 2. The van der Waals surface area contributed by atoms with Crippen molar-refractivity contribution in [1.29, 1.82) is 0 Å². The van der Waals surface area contributed by atoms with Gasteiger partial charge in [-0.2, -0.15) is 0 Å². The fourth-order valence-electron chi connectivity index (χ4n) is 3.24. The normalized spacial score (nSPS) is 13.6. The van der Waals surface area contributed by atoms with E-state index in [4.69, 9.17) is 0 Å². The molecule has 1 heterocycles. The van der Waals surface area contributed by atoms with Crippen molar-refractivity contribution in [2.75, 3.05) is 6.54 Å². The maximum Gasteiger partial charge on any atom is 0.335 e. The number of carboxylic acids is 1. The predicted molar refractivity (Wildman–Crippen MR) is 102 cm³/mol. The number of carboxylic acid groups (broad SMARTS) is 1. The van der Waals surface area contributed by atoms with Crippen LogP contribution in [-0.2, 0) is 17.8 Å². The van der Waals surface area contributed by atoms with Gasteiger partial charge in [-0.1, -0.05) is 12.1 Å². The van der Waals surface area contributed by atoms with E-state index >= 15 is 0 Å². The van der Waals surface area contributed by atoms with Crippen molar-refractivity contribution in [3.63, 3.8) is 0 Å². The molecule has 2 aromatic carbocycles. The maximum absolute atomic E-state index is 13.2. The second-order valence-electron chi connectivity index (χ2n) is 7.06. The Labute approximate surface area is 161 Å². The van der Waals surface area contributed by atoms with Crippen molar-refractivity contribution in [3.8, 4) is 0 Å². The van der Waals surface area contributed by atoms with Crippen LogP contribution in [0.5, 0.6) is 0 Å². The topological polar surface area (TPSA) is 84.2 Å². The highest BCUT2D eigenvalue weighted by Crippen LogP contribution is 2.28. The number of rotatable bonds is 7. The zero-order chi connectivity index (χ0) is 19.7. The molecule has 3 aromatic rings. The molecular weight excluding hydrogens is 361 g/mol. The number of hydrogen-bond acceptors (Lipinski definition) is 3. The van der Waals surface area contributed by atoms with Crippen LogP contribution in [0.25, 0.3) is 11.0 Å². The van der Waals surface area contributed by atoms with Gasteiger partial charge in [-0.25, -0.2) is 14.2 Å². The minimum Gasteiger partial charge on any atom is -0.478 e. The molecule has 0 aliphatic heterocycles. The molecule has 1 saturated carbocycles. The van der Waals surface area contributed by atoms with Gasteiger partial charge in [0.2, 0.25) is 5.91 Å². The molecule has 0 unspecified atom stereocenters. The molecule has 1 aliphatic rings. The molecule has 4 rings (SSSR count). The van der Waals surface area contributed by atoms with Gasteiger partial charge >= 0.3 is 5.97 Å². The zero-order valence-corrected chi connectivity index (χ0v) is 15.2. The summed E-state index contributed by atoms with van der Waals surface area (Å²) in [4.78, 5) is 27.7. The van der Waals surface area contributed by atoms with E-state index in [1.165, 1.54) is 12.1 Å². The third-order valence-corrected chi connectivity index (χ3v) is 4.92. The fraction of sp³-hybridized carbons (Fsp3) is 0.286. The number of aromatic nitrogens is 2. The van der Waals surface area contributed by atoms with Gasteiger partial charge < -0.3 is 15.0 Å². The predicted octanol–water partition coefficient (Wildman–Crippen LogP) is 2.99.